The molecule has 9 heteroatoms. The van der Waals surface area contributed by atoms with E-state index in [1.165, 1.54) is 109 Å². The lowest BCUT2D eigenvalue weighted by Gasteiger charge is -2.40. The zero-order valence-electron chi connectivity index (χ0n) is 49.4. The summed E-state index contributed by atoms with van der Waals surface area (Å²) in [5.74, 6) is -0.198. The molecule has 0 aromatic heterocycles. The van der Waals surface area contributed by atoms with Gasteiger partial charge in [-0.05, 0) is 103 Å². The van der Waals surface area contributed by atoms with Gasteiger partial charge in [-0.3, -0.25) is 4.79 Å². The molecular formula is C69H115NO8. The number of unbranched alkanes of at least 4 members (excludes halogenated alkanes) is 22. The van der Waals surface area contributed by atoms with Gasteiger partial charge in [0.25, 0.3) is 0 Å². The lowest BCUT2D eigenvalue weighted by Crippen LogP contribution is -2.60. The first-order valence-electron chi connectivity index (χ1n) is 31.4. The van der Waals surface area contributed by atoms with Crippen molar-refractivity contribution < 1.29 is 39.8 Å². The molecule has 7 unspecified atom stereocenters. The minimum absolute atomic E-state index is 0.198. The van der Waals surface area contributed by atoms with Crippen LogP contribution in [0.2, 0.25) is 0 Å². The molecule has 1 aliphatic heterocycles. The van der Waals surface area contributed by atoms with Crippen LogP contribution in [0.1, 0.15) is 239 Å². The zero-order chi connectivity index (χ0) is 56.5. The lowest BCUT2D eigenvalue weighted by atomic mass is 9.99. The molecule has 0 radical (unpaired) electrons. The fourth-order valence-corrected chi connectivity index (χ4v) is 9.05. The first kappa shape index (κ1) is 72.3. The SMILES string of the molecule is CC/C=C\C/C=C\C/C=C\C/C=C\C/C=C\C/C=C\C/C=C\C/C=C\C/C=C\CCCCCCCCCCCC(=O)NC(COC1OC(CO)C(O)C(O)C1O)C(O)/C=C/CC/C=C/CCCCCCCCCCCCCC. The zero-order valence-corrected chi connectivity index (χ0v) is 49.4. The standard InChI is InChI=1S/C69H115NO8/c1-3-5-7-9-11-13-15-17-19-21-23-24-25-26-27-28-29-30-31-32-33-34-35-36-37-38-39-40-41-43-45-47-49-51-53-55-57-59-65(73)70-62(61-77-69-68(76)67(75)66(74)64(60-71)78-69)63(72)58-56-54-52-50-48-46-44-42-22-20-18-16-14-12-10-8-6-4-2/h5,7,11,13,17,19,23-24,26-27,29-30,32-33,35-36,38-39,48,50,56,58,62-64,66-69,71-72,74-76H,3-4,6,8-10,12,14-16,18,20-22,25,28,31,34,37,40-47,49,51-55,57,59-61H2,1-2H3,(H,70,73)/b7-5-,13-11-,19-17-,24-23-,27-26-,30-29-,33-32-,36-35-,39-38-,50-48+,58-56+. The highest BCUT2D eigenvalue weighted by Crippen LogP contribution is 2.23. The van der Waals surface area contributed by atoms with E-state index in [0.717, 1.165) is 109 Å². The van der Waals surface area contributed by atoms with E-state index in [9.17, 15) is 30.3 Å². The van der Waals surface area contributed by atoms with Crippen LogP contribution in [-0.2, 0) is 14.3 Å². The van der Waals surface area contributed by atoms with Crippen LogP contribution in [0.5, 0.6) is 0 Å². The highest BCUT2D eigenvalue weighted by molar-refractivity contribution is 5.76. The monoisotopic (exact) mass is 1090 g/mol. The van der Waals surface area contributed by atoms with Crippen molar-refractivity contribution in [3.63, 3.8) is 0 Å². The highest BCUT2D eigenvalue weighted by atomic mass is 16.7. The van der Waals surface area contributed by atoms with Crippen LogP contribution < -0.4 is 5.32 Å². The molecule has 9 nitrogen and oxygen atoms in total. The van der Waals surface area contributed by atoms with E-state index in [0.29, 0.717) is 6.42 Å². The smallest absolute Gasteiger partial charge is 0.220 e. The predicted octanol–water partition coefficient (Wildman–Crippen LogP) is 16.5. The number of aliphatic hydroxyl groups excluding tert-OH is 5. The summed E-state index contributed by atoms with van der Waals surface area (Å²) in [6.45, 7) is 3.64. The molecule has 0 spiro atoms. The summed E-state index contributed by atoms with van der Waals surface area (Å²) in [4.78, 5) is 13.1. The molecule has 6 N–H and O–H groups in total. The number of amides is 1. The van der Waals surface area contributed by atoms with E-state index in [2.05, 4.69) is 141 Å². The third kappa shape index (κ3) is 45.1. The van der Waals surface area contributed by atoms with E-state index in [4.69, 9.17) is 9.47 Å². The van der Waals surface area contributed by atoms with E-state index >= 15 is 0 Å². The summed E-state index contributed by atoms with van der Waals surface area (Å²) in [7, 11) is 0. The Labute approximate surface area is 477 Å². The average Bonchev–Trinajstić information content (AvgIpc) is 3.45. The molecule has 444 valence electrons. The molecule has 0 aliphatic carbocycles. The molecule has 0 aromatic rings. The van der Waals surface area contributed by atoms with Gasteiger partial charge in [0.1, 0.15) is 24.4 Å². The van der Waals surface area contributed by atoms with Crippen LogP contribution in [0.15, 0.2) is 134 Å². The van der Waals surface area contributed by atoms with Gasteiger partial charge in [-0.15, -0.1) is 0 Å². The fraction of sp³-hybridized carbons (Fsp3) is 0.667. The Balaban J connectivity index is 2.20. The topological polar surface area (TPSA) is 149 Å². The van der Waals surface area contributed by atoms with E-state index in [1.54, 1.807) is 6.08 Å². The van der Waals surface area contributed by atoms with Crippen molar-refractivity contribution in [1.82, 2.24) is 5.32 Å². The van der Waals surface area contributed by atoms with Crippen molar-refractivity contribution >= 4 is 5.91 Å². The van der Waals surface area contributed by atoms with Crippen LogP contribution in [-0.4, -0.2) is 87.5 Å². The summed E-state index contributed by atoms with van der Waals surface area (Å²) >= 11 is 0. The first-order valence-corrected chi connectivity index (χ1v) is 31.4. The minimum atomic E-state index is -1.58. The molecule has 7 atom stereocenters. The van der Waals surface area contributed by atoms with Crippen molar-refractivity contribution in [2.45, 2.75) is 281 Å². The fourth-order valence-electron chi connectivity index (χ4n) is 9.05. The van der Waals surface area contributed by atoms with Gasteiger partial charge in [-0.25, -0.2) is 0 Å². The second-order valence-electron chi connectivity index (χ2n) is 21.1. The Bertz CT molecular complexity index is 1690. The predicted molar refractivity (Wildman–Crippen MR) is 331 cm³/mol. The third-order valence-corrected chi connectivity index (χ3v) is 14.0. The van der Waals surface area contributed by atoms with Crippen LogP contribution in [0.4, 0.5) is 0 Å². The third-order valence-electron chi connectivity index (χ3n) is 14.0. The Hall–Kier alpha value is -3.67. The highest BCUT2D eigenvalue weighted by Gasteiger charge is 2.44. The summed E-state index contributed by atoms with van der Waals surface area (Å²) in [5.41, 5.74) is 0. The summed E-state index contributed by atoms with van der Waals surface area (Å²) in [6.07, 6.45) is 79.5. The molecule has 1 aliphatic rings. The number of nitrogens with one attached hydrogen (secondary N) is 1. The van der Waals surface area contributed by atoms with Gasteiger partial charge in [0, 0.05) is 6.42 Å². The second-order valence-corrected chi connectivity index (χ2v) is 21.1. The summed E-state index contributed by atoms with van der Waals surface area (Å²) in [6, 6.07) is -0.835. The number of aliphatic hydroxyl groups is 5. The molecular weight excluding hydrogens is 971 g/mol. The minimum Gasteiger partial charge on any atom is -0.394 e. The maximum absolute atomic E-state index is 13.1. The molecule has 1 rings (SSSR count). The van der Waals surface area contributed by atoms with Crippen molar-refractivity contribution in [2.75, 3.05) is 13.2 Å². The Kier molecular flexibility index (Phi) is 52.5. The maximum Gasteiger partial charge on any atom is 0.220 e. The molecule has 78 heavy (non-hydrogen) atoms. The van der Waals surface area contributed by atoms with E-state index in [-0.39, 0.29) is 12.5 Å². The normalized spacial score (nSPS) is 19.6. The molecule has 0 saturated carbocycles. The van der Waals surface area contributed by atoms with Crippen molar-refractivity contribution in [3.8, 4) is 0 Å². The molecule has 1 saturated heterocycles. The number of hydrogen-bond acceptors (Lipinski definition) is 8. The molecule has 0 bridgehead atoms. The number of carbonyl (C=O) groups excluding carboxylic acids is 1. The maximum atomic E-state index is 13.1. The molecule has 1 amide bonds. The number of allylic oxidation sites excluding steroid dienone is 21. The lowest BCUT2D eigenvalue weighted by molar-refractivity contribution is -0.302. The average molecular weight is 1090 g/mol. The number of rotatable bonds is 52. The van der Waals surface area contributed by atoms with Crippen LogP contribution in [0, 0.1) is 0 Å². The van der Waals surface area contributed by atoms with E-state index < -0.39 is 49.5 Å². The largest absolute Gasteiger partial charge is 0.394 e. The first-order chi connectivity index (χ1) is 38.3. The quantitative estimate of drug-likeness (QED) is 0.0261. The second kappa shape index (κ2) is 56.6. The van der Waals surface area contributed by atoms with Crippen molar-refractivity contribution in [1.29, 1.82) is 0 Å². The Morgan fingerprint density at radius 2 is 0.808 bits per heavy atom. The number of ether oxygens (including phenoxy) is 2. The number of carbonyl (C=O) groups is 1. The van der Waals surface area contributed by atoms with Gasteiger partial charge >= 0.3 is 0 Å². The number of hydrogen-bond donors (Lipinski definition) is 6. The van der Waals surface area contributed by atoms with Gasteiger partial charge < -0.3 is 40.3 Å². The Morgan fingerprint density at radius 3 is 1.23 bits per heavy atom. The van der Waals surface area contributed by atoms with Gasteiger partial charge in [0.05, 0.1) is 25.4 Å². The van der Waals surface area contributed by atoms with Gasteiger partial charge in [0.15, 0.2) is 6.29 Å². The molecule has 0 aromatic carbocycles. The molecule has 1 heterocycles. The van der Waals surface area contributed by atoms with Crippen molar-refractivity contribution in [3.05, 3.63) is 134 Å². The van der Waals surface area contributed by atoms with Crippen LogP contribution in [0.25, 0.3) is 0 Å². The van der Waals surface area contributed by atoms with Gasteiger partial charge in [-0.1, -0.05) is 263 Å². The summed E-state index contributed by atoms with van der Waals surface area (Å²) < 4.78 is 11.3. The molecule has 1 fully saturated rings. The van der Waals surface area contributed by atoms with Crippen molar-refractivity contribution in [2.24, 2.45) is 0 Å². The Morgan fingerprint density at radius 1 is 0.449 bits per heavy atom. The van der Waals surface area contributed by atoms with Gasteiger partial charge in [0.2, 0.25) is 5.91 Å². The summed E-state index contributed by atoms with van der Waals surface area (Å²) in [5, 5.41) is 54.5. The van der Waals surface area contributed by atoms with E-state index in [1.807, 2.05) is 6.08 Å². The van der Waals surface area contributed by atoms with Crippen LogP contribution in [0.3, 0.4) is 0 Å². The van der Waals surface area contributed by atoms with Crippen LogP contribution >= 0.6 is 0 Å². The van der Waals surface area contributed by atoms with Gasteiger partial charge in [-0.2, -0.15) is 0 Å².